The van der Waals surface area contributed by atoms with Gasteiger partial charge in [-0.2, -0.15) is 5.26 Å². The van der Waals surface area contributed by atoms with Crippen molar-refractivity contribution in [3.05, 3.63) is 0 Å². The van der Waals surface area contributed by atoms with Crippen LogP contribution in [0, 0.1) is 58.2 Å². The van der Waals surface area contributed by atoms with E-state index in [-0.39, 0.29) is 11.5 Å². The average Bonchev–Trinajstić information content (AvgIpc) is 2.94. The van der Waals surface area contributed by atoms with Crippen LogP contribution in [-0.4, -0.2) is 11.2 Å². The topological polar surface area (TPSA) is 44.0 Å². The smallest absolute Gasteiger partial charge is 0.0699 e. The average molecular weight is 173 g/mol. The summed E-state index contributed by atoms with van der Waals surface area (Å²) in [6.07, 6.45) is 0.975. The van der Waals surface area contributed by atoms with Crippen LogP contribution in [0.2, 0.25) is 0 Å². The van der Waals surface area contributed by atoms with Crippen molar-refractivity contribution in [3.63, 3.8) is 0 Å². The first-order valence-corrected chi connectivity index (χ1v) is 5.41. The Hall–Kier alpha value is -0.550. The first-order valence-electron chi connectivity index (χ1n) is 5.41. The number of hydrogen-bond acceptors (Lipinski definition) is 2. The molecule has 6 rings (SSSR count). The number of rotatable bonds is 0. The number of hydrogen-bond donors (Lipinski definition) is 1. The molecule has 6 aliphatic carbocycles. The third-order valence-electron chi connectivity index (χ3n) is 6.03. The van der Waals surface area contributed by atoms with Crippen molar-refractivity contribution in [2.45, 2.75) is 12.5 Å². The van der Waals surface area contributed by atoms with Crippen molar-refractivity contribution in [2.24, 2.45) is 46.8 Å². The Morgan fingerprint density at radius 1 is 1.15 bits per heavy atom. The van der Waals surface area contributed by atoms with Crippen molar-refractivity contribution in [3.8, 4) is 6.07 Å². The Bertz CT molecular complexity index is 382. The van der Waals surface area contributed by atoms with Gasteiger partial charge in [0, 0.05) is 0 Å². The van der Waals surface area contributed by atoms with Gasteiger partial charge in [-0.25, -0.2) is 0 Å². The molecule has 0 aromatic heterocycles. The molecule has 6 saturated carbocycles. The minimum absolute atomic E-state index is 0.0461. The van der Waals surface area contributed by atoms with Crippen molar-refractivity contribution in [1.29, 1.82) is 5.26 Å². The maximum atomic E-state index is 9.91. The molecule has 0 spiro atoms. The summed E-state index contributed by atoms with van der Waals surface area (Å²) < 4.78 is 0. The quantitative estimate of drug-likeness (QED) is 0.584. The third kappa shape index (κ3) is 0.321. The van der Waals surface area contributed by atoms with Crippen LogP contribution >= 0.6 is 0 Å². The van der Waals surface area contributed by atoms with Gasteiger partial charge in [0.15, 0.2) is 0 Å². The highest BCUT2D eigenvalue weighted by Gasteiger charge is 2.97. The van der Waals surface area contributed by atoms with Gasteiger partial charge >= 0.3 is 0 Å². The van der Waals surface area contributed by atoms with E-state index in [1.165, 1.54) is 0 Å². The van der Waals surface area contributed by atoms with Crippen molar-refractivity contribution < 1.29 is 5.11 Å². The summed E-state index contributed by atoms with van der Waals surface area (Å²) in [6.45, 7) is 0. The molecule has 0 aromatic carbocycles. The van der Waals surface area contributed by atoms with Crippen LogP contribution < -0.4 is 0 Å². The van der Waals surface area contributed by atoms with Gasteiger partial charge in [0.25, 0.3) is 0 Å². The molecule has 66 valence electrons. The number of aliphatic hydroxyl groups is 1. The molecule has 0 radical (unpaired) electrons. The zero-order chi connectivity index (χ0) is 8.53. The fourth-order valence-corrected chi connectivity index (χ4v) is 6.07. The second kappa shape index (κ2) is 1.26. The number of aliphatic hydroxyl groups excluding tert-OH is 1. The van der Waals surface area contributed by atoms with Gasteiger partial charge in [-0.15, -0.1) is 0 Å². The number of fused-ring (bicyclic) bond motifs is 1. The van der Waals surface area contributed by atoms with Gasteiger partial charge in [0.2, 0.25) is 0 Å². The van der Waals surface area contributed by atoms with Gasteiger partial charge in [-0.3, -0.25) is 0 Å². The summed E-state index contributed by atoms with van der Waals surface area (Å²) in [5, 5.41) is 19.2. The predicted molar refractivity (Wildman–Crippen MR) is 43.1 cm³/mol. The molecular formula is C11H11NO. The second-order valence-electron chi connectivity index (χ2n) is 5.82. The van der Waals surface area contributed by atoms with Crippen LogP contribution in [0.25, 0.3) is 0 Å². The minimum Gasteiger partial charge on any atom is -0.393 e. The largest absolute Gasteiger partial charge is 0.393 e. The monoisotopic (exact) mass is 173 g/mol. The maximum Gasteiger partial charge on any atom is 0.0699 e. The molecule has 13 heavy (non-hydrogen) atoms. The molecule has 2 nitrogen and oxygen atoms in total. The van der Waals surface area contributed by atoms with E-state index in [1.807, 2.05) is 0 Å². The van der Waals surface area contributed by atoms with Crippen LogP contribution in [0.15, 0.2) is 0 Å². The Morgan fingerprint density at radius 2 is 2.00 bits per heavy atom. The SMILES string of the molecule is N#C[C@]12[C@@H]3[C@@H]4[C@@H]5[C@@H]1[C@H]2[C@@H](C[C@@H]5O)[C@@H]43. The molecule has 9 atom stereocenters. The standard InChI is InChI=1S/C11H11NO/c12-2-11-8-3-1-4(13)6(10(8)11)7-5(3)9(7)11/h3-10,13H,1H2/t3-,4-,5-,6+,7-,8+,9-,10+,11-/m0/s1. The molecule has 0 saturated heterocycles. The maximum absolute atomic E-state index is 9.91. The summed E-state index contributed by atoms with van der Waals surface area (Å²) in [7, 11) is 0. The van der Waals surface area contributed by atoms with Gasteiger partial charge in [0.1, 0.15) is 0 Å². The zero-order valence-electron chi connectivity index (χ0n) is 7.22. The summed E-state index contributed by atoms with van der Waals surface area (Å²) in [5.41, 5.74) is 0.0994. The van der Waals surface area contributed by atoms with Crippen LogP contribution in [0.1, 0.15) is 6.42 Å². The summed E-state index contributed by atoms with van der Waals surface area (Å²) in [6, 6.07) is 2.61. The van der Waals surface area contributed by atoms with Crippen LogP contribution in [0.4, 0.5) is 0 Å². The Morgan fingerprint density at radius 3 is 2.54 bits per heavy atom. The molecule has 0 aliphatic heterocycles. The lowest BCUT2D eigenvalue weighted by Gasteiger charge is -2.38. The lowest BCUT2D eigenvalue weighted by molar-refractivity contribution is -0.0127. The van der Waals surface area contributed by atoms with Crippen LogP contribution in [0.3, 0.4) is 0 Å². The molecule has 6 fully saturated rings. The van der Waals surface area contributed by atoms with Gasteiger partial charge in [-0.05, 0) is 47.8 Å². The van der Waals surface area contributed by atoms with E-state index >= 15 is 0 Å². The van der Waals surface area contributed by atoms with E-state index in [0.29, 0.717) is 11.8 Å². The molecule has 0 amide bonds. The normalized spacial score (nSPS) is 83.7. The van der Waals surface area contributed by atoms with Crippen molar-refractivity contribution in [1.82, 2.24) is 0 Å². The molecule has 1 N–H and O–H groups in total. The fourth-order valence-electron chi connectivity index (χ4n) is 6.07. The Balaban J connectivity index is 1.81. The highest BCUT2D eigenvalue weighted by atomic mass is 16.3. The van der Waals surface area contributed by atoms with Crippen molar-refractivity contribution in [2.75, 3.05) is 0 Å². The van der Waals surface area contributed by atoms with E-state index < -0.39 is 0 Å². The summed E-state index contributed by atoms with van der Waals surface area (Å²) in [4.78, 5) is 0. The molecule has 0 heterocycles. The van der Waals surface area contributed by atoms with Crippen LogP contribution in [0.5, 0.6) is 0 Å². The Labute approximate surface area is 76.5 Å². The first kappa shape index (κ1) is 6.03. The molecule has 0 aromatic rings. The van der Waals surface area contributed by atoms with Gasteiger partial charge in [-0.1, -0.05) is 0 Å². The van der Waals surface area contributed by atoms with E-state index in [4.69, 9.17) is 0 Å². The number of nitrogens with zero attached hydrogens (tertiary/aromatic N) is 1. The minimum atomic E-state index is -0.0461. The van der Waals surface area contributed by atoms with E-state index in [0.717, 1.165) is 36.0 Å². The lowest BCUT2D eigenvalue weighted by Crippen LogP contribution is -2.39. The lowest BCUT2D eigenvalue weighted by atomic mass is 9.69. The Kier molecular flexibility index (Phi) is 0.587. The highest BCUT2D eigenvalue weighted by Crippen LogP contribution is 2.96. The summed E-state index contributed by atoms with van der Waals surface area (Å²) >= 11 is 0. The fraction of sp³-hybridized carbons (Fsp3) is 0.909. The zero-order valence-corrected chi connectivity index (χ0v) is 7.22. The second-order valence-corrected chi connectivity index (χ2v) is 5.82. The van der Waals surface area contributed by atoms with E-state index in [2.05, 4.69) is 6.07 Å². The molecule has 6 aliphatic rings. The van der Waals surface area contributed by atoms with Crippen molar-refractivity contribution >= 4 is 0 Å². The molecular weight excluding hydrogens is 162 g/mol. The summed E-state index contributed by atoms with van der Waals surface area (Å²) in [5.74, 6) is 5.05. The number of nitriles is 1. The highest BCUT2D eigenvalue weighted by molar-refractivity contribution is 5.47. The predicted octanol–water partition coefficient (Wildman–Crippen LogP) is 0.629. The van der Waals surface area contributed by atoms with E-state index in [9.17, 15) is 10.4 Å². The first-order chi connectivity index (χ1) is 6.32. The molecule has 2 bridgehead atoms. The van der Waals surface area contributed by atoms with Gasteiger partial charge < -0.3 is 5.11 Å². The third-order valence-corrected chi connectivity index (χ3v) is 6.03. The van der Waals surface area contributed by atoms with E-state index in [1.54, 1.807) is 0 Å². The van der Waals surface area contributed by atoms with Gasteiger partial charge in [0.05, 0.1) is 17.6 Å². The molecule has 0 unspecified atom stereocenters. The van der Waals surface area contributed by atoms with Crippen LogP contribution in [-0.2, 0) is 0 Å². The molecule has 2 heteroatoms.